The SMILES string of the molecule is CN=C(NCc1cc(Cl)c2c(c1)OCCO2)N1CCN(C(C)=O)CC1.I. The van der Waals surface area contributed by atoms with E-state index in [4.69, 9.17) is 21.1 Å². The van der Waals surface area contributed by atoms with Crippen molar-refractivity contribution in [2.75, 3.05) is 46.4 Å². The lowest BCUT2D eigenvalue weighted by Crippen LogP contribution is -2.53. The van der Waals surface area contributed by atoms with Gasteiger partial charge < -0.3 is 24.6 Å². The van der Waals surface area contributed by atoms with Gasteiger partial charge >= 0.3 is 0 Å². The van der Waals surface area contributed by atoms with Gasteiger partial charge in [-0.25, -0.2) is 0 Å². The molecular formula is C17H24ClIN4O3. The number of ether oxygens (including phenoxy) is 2. The summed E-state index contributed by atoms with van der Waals surface area (Å²) in [7, 11) is 1.76. The zero-order valence-corrected chi connectivity index (χ0v) is 18.0. The fourth-order valence-corrected chi connectivity index (χ4v) is 3.30. The summed E-state index contributed by atoms with van der Waals surface area (Å²) in [5.41, 5.74) is 0.998. The molecule has 1 N–H and O–H groups in total. The zero-order valence-electron chi connectivity index (χ0n) is 15.0. The van der Waals surface area contributed by atoms with E-state index in [-0.39, 0.29) is 29.9 Å². The van der Waals surface area contributed by atoms with Crippen molar-refractivity contribution in [2.45, 2.75) is 13.5 Å². The summed E-state index contributed by atoms with van der Waals surface area (Å²) in [5.74, 6) is 2.23. The third kappa shape index (κ3) is 4.85. The molecule has 3 rings (SSSR count). The van der Waals surface area contributed by atoms with Crippen molar-refractivity contribution in [2.24, 2.45) is 4.99 Å². The van der Waals surface area contributed by atoms with Crippen LogP contribution in [0.4, 0.5) is 0 Å². The Labute approximate surface area is 175 Å². The Balaban J connectivity index is 0.00000243. The number of hydrogen-bond acceptors (Lipinski definition) is 4. The maximum atomic E-state index is 11.4. The molecular weight excluding hydrogens is 471 g/mol. The number of carbonyl (C=O) groups excluding carboxylic acids is 1. The number of amides is 1. The highest BCUT2D eigenvalue weighted by atomic mass is 127. The standard InChI is InChI=1S/C17H23ClN4O3.HI/c1-12(23)21-3-5-22(6-4-21)17(19-2)20-11-13-9-14(18)16-15(10-13)24-7-8-25-16;/h9-10H,3-8,11H2,1-2H3,(H,19,20);1H. The first-order valence-electron chi connectivity index (χ1n) is 8.37. The van der Waals surface area contributed by atoms with Gasteiger partial charge in [0.05, 0.1) is 5.02 Å². The van der Waals surface area contributed by atoms with Crippen molar-refractivity contribution >= 4 is 47.4 Å². The molecule has 1 aromatic rings. The van der Waals surface area contributed by atoms with Gasteiger partial charge in [-0.3, -0.25) is 9.79 Å². The number of rotatable bonds is 2. The predicted octanol–water partition coefficient (Wildman–Crippen LogP) is 1.97. The van der Waals surface area contributed by atoms with E-state index in [0.717, 1.165) is 24.6 Å². The van der Waals surface area contributed by atoms with Gasteiger partial charge in [0.2, 0.25) is 5.91 Å². The number of benzene rings is 1. The topological polar surface area (TPSA) is 66.4 Å². The van der Waals surface area contributed by atoms with Crippen LogP contribution in [-0.2, 0) is 11.3 Å². The molecule has 1 amide bonds. The van der Waals surface area contributed by atoms with E-state index in [1.54, 1.807) is 14.0 Å². The van der Waals surface area contributed by atoms with Crippen molar-refractivity contribution in [1.82, 2.24) is 15.1 Å². The molecule has 2 aliphatic rings. The van der Waals surface area contributed by atoms with Crippen LogP contribution in [0, 0.1) is 0 Å². The third-order valence-corrected chi connectivity index (χ3v) is 4.62. The molecule has 2 aliphatic heterocycles. The first-order chi connectivity index (χ1) is 12.1. The summed E-state index contributed by atoms with van der Waals surface area (Å²) in [6.45, 7) is 6.19. The smallest absolute Gasteiger partial charge is 0.219 e. The highest BCUT2D eigenvalue weighted by Gasteiger charge is 2.21. The first-order valence-corrected chi connectivity index (χ1v) is 8.75. The summed E-state index contributed by atoms with van der Waals surface area (Å²) in [6.07, 6.45) is 0. The fourth-order valence-electron chi connectivity index (χ4n) is 3.01. The van der Waals surface area contributed by atoms with E-state index in [2.05, 4.69) is 15.2 Å². The first kappa shape index (κ1) is 20.9. The highest BCUT2D eigenvalue weighted by Crippen LogP contribution is 2.38. The lowest BCUT2D eigenvalue weighted by Gasteiger charge is -2.36. The summed E-state index contributed by atoms with van der Waals surface area (Å²) < 4.78 is 11.2. The summed E-state index contributed by atoms with van der Waals surface area (Å²) in [4.78, 5) is 19.8. The lowest BCUT2D eigenvalue weighted by atomic mass is 10.2. The Kier molecular flexibility index (Phi) is 7.63. The van der Waals surface area contributed by atoms with Crippen molar-refractivity contribution < 1.29 is 14.3 Å². The van der Waals surface area contributed by atoms with Gasteiger partial charge in [-0.05, 0) is 17.7 Å². The van der Waals surface area contributed by atoms with E-state index in [1.807, 2.05) is 17.0 Å². The minimum absolute atomic E-state index is 0. The van der Waals surface area contributed by atoms with Gasteiger partial charge in [0, 0.05) is 46.7 Å². The van der Waals surface area contributed by atoms with Gasteiger partial charge in [-0.2, -0.15) is 0 Å². The van der Waals surface area contributed by atoms with E-state index >= 15 is 0 Å². The van der Waals surface area contributed by atoms with Crippen LogP contribution in [0.1, 0.15) is 12.5 Å². The van der Waals surface area contributed by atoms with Crippen molar-refractivity contribution in [3.63, 3.8) is 0 Å². The number of fused-ring (bicyclic) bond motifs is 1. The molecule has 0 spiro atoms. The number of hydrogen-bond donors (Lipinski definition) is 1. The molecule has 0 saturated carbocycles. The van der Waals surface area contributed by atoms with Gasteiger partial charge in [0.1, 0.15) is 13.2 Å². The molecule has 0 aromatic heterocycles. The average Bonchev–Trinajstić information content (AvgIpc) is 2.63. The Morgan fingerprint density at radius 2 is 1.85 bits per heavy atom. The van der Waals surface area contributed by atoms with Crippen molar-refractivity contribution in [1.29, 1.82) is 0 Å². The largest absolute Gasteiger partial charge is 0.486 e. The maximum absolute atomic E-state index is 11.4. The zero-order chi connectivity index (χ0) is 17.8. The molecule has 0 aliphatic carbocycles. The van der Waals surface area contributed by atoms with E-state index in [9.17, 15) is 4.79 Å². The number of aliphatic imine (C=N–C) groups is 1. The molecule has 7 nitrogen and oxygen atoms in total. The van der Waals surface area contributed by atoms with Gasteiger partial charge in [0.25, 0.3) is 0 Å². The second-order valence-electron chi connectivity index (χ2n) is 6.00. The average molecular weight is 495 g/mol. The Morgan fingerprint density at radius 1 is 1.19 bits per heavy atom. The Bertz CT molecular complexity index is 678. The second-order valence-corrected chi connectivity index (χ2v) is 6.40. The van der Waals surface area contributed by atoms with Gasteiger partial charge in [-0.15, -0.1) is 24.0 Å². The van der Waals surface area contributed by atoms with Crippen LogP contribution in [0.3, 0.4) is 0 Å². The number of nitrogens with one attached hydrogen (secondary N) is 1. The Morgan fingerprint density at radius 3 is 2.50 bits per heavy atom. The normalized spacial score (nSPS) is 16.8. The van der Waals surface area contributed by atoms with Crippen LogP contribution in [0.15, 0.2) is 17.1 Å². The van der Waals surface area contributed by atoms with Crippen LogP contribution in [0.25, 0.3) is 0 Å². The predicted molar refractivity (Wildman–Crippen MR) is 112 cm³/mol. The minimum atomic E-state index is 0. The molecule has 0 radical (unpaired) electrons. The van der Waals surface area contributed by atoms with Crippen LogP contribution < -0.4 is 14.8 Å². The number of nitrogens with zero attached hydrogens (tertiary/aromatic N) is 3. The highest BCUT2D eigenvalue weighted by molar-refractivity contribution is 14.0. The van der Waals surface area contributed by atoms with Crippen LogP contribution in [-0.4, -0.2) is 68.1 Å². The van der Waals surface area contributed by atoms with E-state index in [0.29, 0.717) is 49.4 Å². The number of halogens is 2. The number of guanidine groups is 1. The number of carbonyl (C=O) groups is 1. The molecule has 26 heavy (non-hydrogen) atoms. The molecule has 1 fully saturated rings. The number of piperazine rings is 1. The minimum Gasteiger partial charge on any atom is -0.486 e. The van der Waals surface area contributed by atoms with Crippen molar-refractivity contribution in [3.8, 4) is 11.5 Å². The fraction of sp³-hybridized carbons (Fsp3) is 0.529. The molecule has 0 bridgehead atoms. The van der Waals surface area contributed by atoms with Crippen LogP contribution in [0.5, 0.6) is 11.5 Å². The van der Waals surface area contributed by atoms with Crippen LogP contribution in [0.2, 0.25) is 5.02 Å². The summed E-state index contributed by atoms with van der Waals surface area (Å²) >= 11 is 6.28. The molecule has 0 atom stereocenters. The molecule has 144 valence electrons. The van der Waals surface area contributed by atoms with Crippen LogP contribution >= 0.6 is 35.6 Å². The Hall–Kier alpha value is -1.42. The maximum Gasteiger partial charge on any atom is 0.219 e. The summed E-state index contributed by atoms with van der Waals surface area (Å²) in [6, 6.07) is 3.82. The van der Waals surface area contributed by atoms with Gasteiger partial charge in [-0.1, -0.05) is 11.6 Å². The molecule has 0 unspecified atom stereocenters. The van der Waals surface area contributed by atoms with Gasteiger partial charge in [0.15, 0.2) is 17.5 Å². The second kappa shape index (κ2) is 9.50. The third-order valence-electron chi connectivity index (χ3n) is 4.34. The van der Waals surface area contributed by atoms with Crippen molar-refractivity contribution in [3.05, 3.63) is 22.7 Å². The molecule has 1 saturated heterocycles. The quantitative estimate of drug-likeness (QED) is 0.387. The lowest BCUT2D eigenvalue weighted by molar-refractivity contribution is -0.130. The monoisotopic (exact) mass is 494 g/mol. The molecule has 9 heteroatoms. The van der Waals surface area contributed by atoms with E-state index in [1.165, 1.54) is 0 Å². The summed E-state index contributed by atoms with van der Waals surface area (Å²) in [5, 5.41) is 3.91. The van der Waals surface area contributed by atoms with E-state index < -0.39 is 0 Å². The molecule has 1 aromatic carbocycles. The molecule has 2 heterocycles.